The largest absolute Gasteiger partial charge is 0.303 e. The number of hydrogen-bond donors (Lipinski definition) is 1. The first-order chi connectivity index (χ1) is 7.69. The van der Waals surface area contributed by atoms with Crippen molar-refractivity contribution in [2.75, 3.05) is 0 Å². The van der Waals surface area contributed by atoms with Crippen LogP contribution in [0.25, 0.3) is 0 Å². The second kappa shape index (κ2) is 5.38. The zero-order chi connectivity index (χ0) is 13.2. The quantitative estimate of drug-likeness (QED) is 0.845. The molecule has 2 nitrogen and oxygen atoms in total. The van der Waals surface area contributed by atoms with E-state index in [4.69, 9.17) is 23.2 Å². The molecular weight excluding hydrogens is 257 g/mol. The Kier molecular flexibility index (Phi) is 4.59. The van der Waals surface area contributed by atoms with E-state index < -0.39 is 0 Å². The molecular formula is C13H17Cl2NO. The highest BCUT2D eigenvalue weighted by Gasteiger charge is 2.21. The summed E-state index contributed by atoms with van der Waals surface area (Å²) in [5.41, 5.74) is 0.420. The molecule has 0 saturated carbocycles. The van der Waals surface area contributed by atoms with Gasteiger partial charge in [0.1, 0.15) is 0 Å². The van der Waals surface area contributed by atoms with Crippen LogP contribution in [0.2, 0.25) is 10.0 Å². The van der Waals surface area contributed by atoms with E-state index in [1.54, 1.807) is 18.2 Å². The number of carbonyl (C=O) groups is 1. The van der Waals surface area contributed by atoms with Crippen molar-refractivity contribution < 1.29 is 4.79 Å². The average molecular weight is 274 g/mol. The van der Waals surface area contributed by atoms with Crippen LogP contribution in [0.5, 0.6) is 0 Å². The highest BCUT2D eigenvalue weighted by molar-refractivity contribution is 6.35. The van der Waals surface area contributed by atoms with Crippen molar-refractivity contribution in [1.29, 1.82) is 0 Å². The Morgan fingerprint density at radius 1 is 1.18 bits per heavy atom. The highest BCUT2D eigenvalue weighted by atomic mass is 35.5. The second-order valence-electron chi connectivity index (χ2n) is 5.14. The molecule has 1 rings (SSSR count). The van der Waals surface area contributed by atoms with Crippen molar-refractivity contribution in [1.82, 2.24) is 5.32 Å². The number of nitrogens with one attached hydrogen (secondary N) is 1. The van der Waals surface area contributed by atoms with Crippen LogP contribution in [-0.4, -0.2) is 17.4 Å². The molecule has 1 aromatic rings. The van der Waals surface area contributed by atoms with E-state index in [0.29, 0.717) is 15.6 Å². The molecule has 0 unspecified atom stereocenters. The predicted molar refractivity (Wildman–Crippen MR) is 73.1 cm³/mol. The summed E-state index contributed by atoms with van der Waals surface area (Å²) in [6, 6.07) is 4.61. The molecule has 0 heterocycles. The monoisotopic (exact) mass is 273 g/mol. The van der Waals surface area contributed by atoms with Gasteiger partial charge in [-0.05, 0) is 45.9 Å². The van der Waals surface area contributed by atoms with E-state index in [0.717, 1.165) is 0 Å². The maximum absolute atomic E-state index is 12.1. The molecule has 0 fully saturated rings. The van der Waals surface area contributed by atoms with Crippen LogP contribution in [0, 0.1) is 0 Å². The van der Waals surface area contributed by atoms with Crippen molar-refractivity contribution in [2.24, 2.45) is 0 Å². The molecule has 4 heteroatoms. The third-order valence-electron chi connectivity index (χ3n) is 2.19. The molecule has 0 aliphatic carbocycles. The van der Waals surface area contributed by atoms with E-state index in [9.17, 15) is 4.79 Å². The normalized spacial score (nSPS) is 13.5. The predicted octanol–water partition coefficient (Wildman–Crippen LogP) is 3.95. The minimum Gasteiger partial charge on any atom is -0.303 e. The van der Waals surface area contributed by atoms with Crippen molar-refractivity contribution in [3.05, 3.63) is 33.8 Å². The first-order valence-corrected chi connectivity index (χ1v) is 6.22. The lowest BCUT2D eigenvalue weighted by atomic mass is 10.0. The van der Waals surface area contributed by atoms with Crippen molar-refractivity contribution in [2.45, 2.75) is 39.3 Å². The van der Waals surface area contributed by atoms with Gasteiger partial charge in [-0.25, -0.2) is 0 Å². The fourth-order valence-corrected chi connectivity index (χ4v) is 2.19. The van der Waals surface area contributed by atoms with Crippen molar-refractivity contribution in [3.63, 3.8) is 0 Å². The van der Waals surface area contributed by atoms with Crippen LogP contribution >= 0.6 is 23.2 Å². The molecule has 0 amide bonds. The van der Waals surface area contributed by atoms with E-state index in [1.165, 1.54) is 0 Å². The SMILES string of the molecule is C[C@@H](NC(C)(C)C)C(=O)c1cc(Cl)cc(Cl)c1. The lowest BCUT2D eigenvalue weighted by Gasteiger charge is -2.25. The number of carbonyl (C=O) groups excluding carboxylic acids is 1. The van der Waals surface area contributed by atoms with Crippen molar-refractivity contribution >= 4 is 29.0 Å². The molecule has 0 spiro atoms. The minimum atomic E-state index is -0.274. The zero-order valence-electron chi connectivity index (χ0n) is 10.5. The lowest BCUT2D eigenvalue weighted by Crippen LogP contribution is -2.46. The standard InChI is InChI=1S/C13H17Cl2NO/c1-8(16-13(2,3)4)12(17)9-5-10(14)7-11(15)6-9/h5-8,16H,1-4H3/t8-/m1/s1. The Labute approximate surface area is 112 Å². The first kappa shape index (κ1) is 14.5. The summed E-state index contributed by atoms with van der Waals surface area (Å²) in [5.74, 6) is -0.00988. The van der Waals surface area contributed by atoms with Gasteiger partial charge < -0.3 is 5.32 Å². The smallest absolute Gasteiger partial charge is 0.179 e. The van der Waals surface area contributed by atoms with Gasteiger partial charge in [0.15, 0.2) is 5.78 Å². The Morgan fingerprint density at radius 3 is 2.06 bits per heavy atom. The topological polar surface area (TPSA) is 29.1 Å². The fraction of sp³-hybridized carbons (Fsp3) is 0.462. The Morgan fingerprint density at radius 2 is 1.65 bits per heavy atom. The van der Waals surface area contributed by atoms with Gasteiger partial charge in [-0.3, -0.25) is 4.79 Å². The summed E-state index contributed by atoms with van der Waals surface area (Å²) < 4.78 is 0. The molecule has 0 radical (unpaired) electrons. The Hall–Kier alpha value is -0.570. The summed E-state index contributed by atoms with van der Waals surface area (Å²) >= 11 is 11.7. The van der Waals surface area contributed by atoms with Gasteiger partial charge in [0.05, 0.1) is 6.04 Å². The Balaban J connectivity index is 2.89. The van der Waals surface area contributed by atoms with E-state index in [-0.39, 0.29) is 17.4 Å². The lowest BCUT2D eigenvalue weighted by molar-refractivity contribution is 0.0936. The van der Waals surface area contributed by atoms with E-state index in [2.05, 4.69) is 5.32 Å². The van der Waals surface area contributed by atoms with E-state index >= 15 is 0 Å². The highest BCUT2D eigenvalue weighted by Crippen LogP contribution is 2.20. The molecule has 0 aliphatic heterocycles. The molecule has 1 aromatic carbocycles. The number of hydrogen-bond acceptors (Lipinski definition) is 2. The molecule has 0 bridgehead atoms. The van der Waals surface area contributed by atoms with Crippen LogP contribution in [0.15, 0.2) is 18.2 Å². The number of rotatable bonds is 3. The fourth-order valence-electron chi connectivity index (χ4n) is 1.66. The number of ketones is 1. The van der Waals surface area contributed by atoms with Crippen LogP contribution < -0.4 is 5.32 Å². The summed E-state index contributed by atoms with van der Waals surface area (Å²) in [6.45, 7) is 7.88. The second-order valence-corrected chi connectivity index (χ2v) is 6.01. The van der Waals surface area contributed by atoms with Crippen LogP contribution in [-0.2, 0) is 0 Å². The Bertz CT molecular complexity index is 404. The van der Waals surface area contributed by atoms with Gasteiger partial charge in [-0.15, -0.1) is 0 Å². The zero-order valence-corrected chi connectivity index (χ0v) is 12.0. The van der Waals surface area contributed by atoms with Gasteiger partial charge >= 0.3 is 0 Å². The maximum atomic E-state index is 12.1. The van der Waals surface area contributed by atoms with Gasteiger partial charge in [-0.1, -0.05) is 23.2 Å². The number of Topliss-reactive ketones (excluding diaryl/α,β-unsaturated/α-hetero) is 1. The third-order valence-corrected chi connectivity index (χ3v) is 2.63. The molecule has 0 aromatic heterocycles. The number of halogens is 2. The van der Waals surface area contributed by atoms with Crippen molar-refractivity contribution in [3.8, 4) is 0 Å². The van der Waals surface area contributed by atoms with Crippen LogP contribution in [0.1, 0.15) is 38.1 Å². The van der Waals surface area contributed by atoms with Gasteiger partial charge in [0, 0.05) is 21.1 Å². The molecule has 94 valence electrons. The summed E-state index contributed by atoms with van der Waals surface area (Å²) in [5, 5.41) is 4.17. The summed E-state index contributed by atoms with van der Waals surface area (Å²) in [7, 11) is 0. The van der Waals surface area contributed by atoms with Gasteiger partial charge in [0.2, 0.25) is 0 Å². The van der Waals surface area contributed by atoms with Gasteiger partial charge in [0.25, 0.3) is 0 Å². The minimum absolute atomic E-state index is 0.00988. The maximum Gasteiger partial charge on any atom is 0.179 e. The summed E-state index contributed by atoms with van der Waals surface area (Å²) in [4.78, 5) is 12.1. The van der Waals surface area contributed by atoms with Gasteiger partial charge in [-0.2, -0.15) is 0 Å². The first-order valence-electron chi connectivity index (χ1n) is 5.47. The average Bonchev–Trinajstić information content (AvgIpc) is 2.12. The molecule has 0 aliphatic rings. The number of benzene rings is 1. The molecule has 1 N–H and O–H groups in total. The summed E-state index contributed by atoms with van der Waals surface area (Å²) in [6.07, 6.45) is 0. The third kappa shape index (κ3) is 4.66. The molecule has 1 atom stereocenters. The molecule has 0 saturated heterocycles. The molecule has 17 heavy (non-hydrogen) atoms. The van der Waals surface area contributed by atoms with E-state index in [1.807, 2.05) is 27.7 Å². The van der Waals surface area contributed by atoms with Crippen LogP contribution in [0.3, 0.4) is 0 Å². The van der Waals surface area contributed by atoms with Crippen LogP contribution in [0.4, 0.5) is 0 Å².